The standard InChI is InChI=1S/C57H42N2/c1-37-30-31-50-51(32-37)57(59(45-24-8-5-9-25-45)55-48-28-16-12-20-42(48)36-43-21-13-17-29-49(43)55)53-34-39(3)38(2)33-52(53)56(50)58(44-22-6-4-7-23-44)54-46-26-14-10-18-40(46)35-41-19-11-15-27-47(41)54/h4-36H,1-3H3. The van der Waals surface area contributed by atoms with Crippen molar-refractivity contribution in [3.05, 3.63) is 217 Å². The Morgan fingerprint density at radius 1 is 0.254 bits per heavy atom. The number of hydrogen-bond donors (Lipinski definition) is 0. The summed E-state index contributed by atoms with van der Waals surface area (Å²) in [6.45, 7) is 6.73. The minimum Gasteiger partial charge on any atom is -0.308 e. The summed E-state index contributed by atoms with van der Waals surface area (Å²) in [5.74, 6) is 0. The first-order chi connectivity index (χ1) is 29.0. The van der Waals surface area contributed by atoms with Crippen LogP contribution in [0.15, 0.2) is 200 Å². The van der Waals surface area contributed by atoms with Gasteiger partial charge in [-0.2, -0.15) is 0 Å². The second-order valence-corrected chi connectivity index (χ2v) is 15.9. The van der Waals surface area contributed by atoms with Crippen LogP contribution >= 0.6 is 0 Å². The van der Waals surface area contributed by atoms with Crippen LogP contribution in [0.1, 0.15) is 16.7 Å². The number of rotatable bonds is 6. The fraction of sp³-hybridized carbons (Fsp3) is 0.0526. The number of benzene rings is 11. The van der Waals surface area contributed by atoms with Crippen LogP contribution in [0.5, 0.6) is 0 Å². The molecule has 0 aliphatic heterocycles. The lowest BCUT2D eigenvalue weighted by Crippen LogP contribution is -2.16. The van der Waals surface area contributed by atoms with E-state index >= 15 is 0 Å². The average Bonchev–Trinajstić information content (AvgIpc) is 3.28. The Labute approximate surface area is 344 Å². The van der Waals surface area contributed by atoms with E-state index in [1.165, 1.54) is 104 Å². The van der Waals surface area contributed by atoms with Crippen LogP contribution in [0.2, 0.25) is 0 Å². The summed E-state index contributed by atoms with van der Waals surface area (Å²) >= 11 is 0. The molecule has 0 unspecified atom stereocenters. The topological polar surface area (TPSA) is 6.48 Å². The van der Waals surface area contributed by atoms with Gasteiger partial charge >= 0.3 is 0 Å². The van der Waals surface area contributed by atoms with Crippen molar-refractivity contribution in [2.24, 2.45) is 0 Å². The molecule has 0 fully saturated rings. The fourth-order valence-electron chi connectivity index (χ4n) is 9.40. The quantitative estimate of drug-likeness (QED) is 0.123. The molecule has 0 aliphatic carbocycles. The predicted octanol–water partition coefficient (Wildman–Crippen LogP) is 16.5. The molecule has 0 radical (unpaired) electrons. The molecule has 0 aromatic heterocycles. The normalized spacial score (nSPS) is 11.6. The van der Waals surface area contributed by atoms with Gasteiger partial charge in [0.15, 0.2) is 0 Å². The highest BCUT2D eigenvalue weighted by atomic mass is 15.2. The minimum atomic E-state index is 1.11. The lowest BCUT2D eigenvalue weighted by atomic mass is 9.90. The maximum atomic E-state index is 2.56. The molecule has 59 heavy (non-hydrogen) atoms. The molecule has 0 spiro atoms. The molecule has 0 saturated carbocycles. The van der Waals surface area contributed by atoms with Crippen molar-refractivity contribution in [1.82, 2.24) is 0 Å². The first-order valence-corrected chi connectivity index (χ1v) is 20.5. The van der Waals surface area contributed by atoms with Gasteiger partial charge in [-0.25, -0.2) is 0 Å². The van der Waals surface area contributed by atoms with Gasteiger partial charge in [0.25, 0.3) is 0 Å². The Balaban J connectivity index is 1.37. The van der Waals surface area contributed by atoms with Crippen molar-refractivity contribution in [2.75, 3.05) is 9.80 Å². The highest BCUT2D eigenvalue weighted by molar-refractivity contribution is 6.28. The molecule has 280 valence electrons. The van der Waals surface area contributed by atoms with Crippen molar-refractivity contribution in [3.8, 4) is 0 Å². The lowest BCUT2D eigenvalue weighted by molar-refractivity contribution is 1.31. The fourth-order valence-corrected chi connectivity index (χ4v) is 9.40. The Kier molecular flexibility index (Phi) is 8.20. The van der Waals surface area contributed by atoms with Gasteiger partial charge in [-0.1, -0.05) is 151 Å². The summed E-state index contributed by atoms with van der Waals surface area (Å²) in [5, 5.41) is 14.5. The first-order valence-electron chi connectivity index (χ1n) is 20.5. The van der Waals surface area contributed by atoms with E-state index in [2.05, 4.69) is 231 Å². The summed E-state index contributed by atoms with van der Waals surface area (Å²) < 4.78 is 0. The summed E-state index contributed by atoms with van der Waals surface area (Å²) in [7, 11) is 0. The SMILES string of the molecule is Cc1ccc2c(N(c3ccccc3)c3c4ccccc4cc4ccccc34)c3cc(C)c(C)cc3c(N(c3ccccc3)c3c4ccccc4cc4ccccc34)c2c1. The second kappa shape index (κ2) is 13.9. The molecule has 2 nitrogen and oxygen atoms in total. The number of anilines is 6. The van der Waals surface area contributed by atoms with Gasteiger partial charge in [0, 0.05) is 54.5 Å². The zero-order valence-electron chi connectivity index (χ0n) is 33.4. The summed E-state index contributed by atoms with van der Waals surface area (Å²) in [6, 6.07) is 74.0. The Bertz CT molecular complexity index is 3310. The number of para-hydroxylation sites is 2. The van der Waals surface area contributed by atoms with Crippen molar-refractivity contribution in [1.29, 1.82) is 0 Å². The Hall–Kier alpha value is -7.42. The Morgan fingerprint density at radius 2 is 0.576 bits per heavy atom. The zero-order chi connectivity index (χ0) is 39.6. The average molecular weight is 755 g/mol. The van der Waals surface area contributed by atoms with Crippen LogP contribution in [-0.4, -0.2) is 0 Å². The van der Waals surface area contributed by atoms with E-state index in [1.54, 1.807) is 0 Å². The maximum absolute atomic E-state index is 2.56. The molecule has 11 rings (SSSR count). The molecule has 0 atom stereocenters. The summed E-state index contributed by atoms with van der Waals surface area (Å²) in [5.41, 5.74) is 10.7. The molecule has 11 aromatic rings. The van der Waals surface area contributed by atoms with Gasteiger partial charge in [-0.05, 0) is 108 Å². The summed E-state index contributed by atoms with van der Waals surface area (Å²) in [4.78, 5) is 5.12. The third kappa shape index (κ3) is 5.63. The zero-order valence-corrected chi connectivity index (χ0v) is 33.4. The monoisotopic (exact) mass is 754 g/mol. The van der Waals surface area contributed by atoms with Crippen molar-refractivity contribution >= 4 is 98.8 Å². The van der Waals surface area contributed by atoms with Crippen LogP contribution in [0, 0.1) is 20.8 Å². The van der Waals surface area contributed by atoms with Gasteiger partial charge in [-0.15, -0.1) is 0 Å². The number of fused-ring (bicyclic) bond motifs is 6. The van der Waals surface area contributed by atoms with Crippen LogP contribution in [0.3, 0.4) is 0 Å². The van der Waals surface area contributed by atoms with E-state index < -0.39 is 0 Å². The molecule has 11 aromatic carbocycles. The molecule has 0 bridgehead atoms. The van der Waals surface area contributed by atoms with Gasteiger partial charge in [0.2, 0.25) is 0 Å². The third-order valence-electron chi connectivity index (χ3n) is 12.2. The van der Waals surface area contributed by atoms with Crippen molar-refractivity contribution < 1.29 is 0 Å². The largest absolute Gasteiger partial charge is 0.308 e. The van der Waals surface area contributed by atoms with E-state index in [9.17, 15) is 0 Å². The Morgan fingerprint density at radius 3 is 0.983 bits per heavy atom. The van der Waals surface area contributed by atoms with E-state index in [1.807, 2.05) is 0 Å². The van der Waals surface area contributed by atoms with Crippen molar-refractivity contribution in [2.45, 2.75) is 20.8 Å². The highest BCUT2D eigenvalue weighted by Gasteiger charge is 2.29. The van der Waals surface area contributed by atoms with Gasteiger partial charge in [0.1, 0.15) is 0 Å². The van der Waals surface area contributed by atoms with Gasteiger partial charge in [-0.3, -0.25) is 0 Å². The lowest BCUT2D eigenvalue weighted by Gasteiger charge is -2.35. The van der Waals surface area contributed by atoms with Crippen LogP contribution < -0.4 is 9.80 Å². The molecule has 2 heteroatoms. The number of nitrogens with zero attached hydrogens (tertiary/aromatic N) is 2. The van der Waals surface area contributed by atoms with Crippen molar-refractivity contribution in [3.63, 3.8) is 0 Å². The van der Waals surface area contributed by atoms with Crippen LogP contribution in [0.25, 0.3) is 64.6 Å². The minimum absolute atomic E-state index is 1.11. The third-order valence-corrected chi connectivity index (χ3v) is 12.2. The van der Waals surface area contributed by atoms with Crippen LogP contribution in [0.4, 0.5) is 34.1 Å². The van der Waals surface area contributed by atoms with Gasteiger partial charge < -0.3 is 9.80 Å². The van der Waals surface area contributed by atoms with E-state index in [0.717, 1.165) is 11.4 Å². The molecule has 0 saturated heterocycles. The van der Waals surface area contributed by atoms with E-state index in [0.29, 0.717) is 0 Å². The number of aryl methyl sites for hydroxylation is 3. The molecule has 0 amide bonds. The second-order valence-electron chi connectivity index (χ2n) is 15.9. The smallest absolute Gasteiger partial charge is 0.0620 e. The maximum Gasteiger partial charge on any atom is 0.0620 e. The van der Waals surface area contributed by atoms with E-state index in [4.69, 9.17) is 0 Å². The highest BCUT2D eigenvalue weighted by Crippen LogP contribution is 2.55. The molecule has 0 heterocycles. The first kappa shape index (κ1) is 34.8. The summed E-state index contributed by atoms with van der Waals surface area (Å²) in [6.07, 6.45) is 0. The number of hydrogen-bond acceptors (Lipinski definition) is 2. The van der Waals surface area contributed by atoms with Gasteiger partial charge in [0.05, 0.1) is 22.7 Å². The molecule has 0 N–H and O–H groups in total. The predicted molar refractivity (Wildman–Crippen MR) is 255 cm³/mol. The molecule has 0 aliphatic rings. The molecular formula is C57H42N2. The molecular weight excluding hydrogens is 713 g/mol. The van der Waals surface area contributed by atoms with E-state index in [-0.39, 0.29) is 0 Å². The van der Waals surface area contributed by atoms with Crippen LogP contribution in [-0.2, 0) is 0 Å².